The first-order valence-electron chi connectivity index (χ1n) is 5.56. The third kappa shape index (κ3) is 4.11. The van der Waals surface area contributed by atoms with Gasteiger partial charge in [-0.1, -0.05) is 0 Å². The molecular weight excluding hydrogens is 238 g/mol. The number of aliphatic hydroxyl groups is 1. The van der Waals surface area contributed by atoms with Crippen LogP contribution in [0.25, 0.3) is 0 Å². The zero-order valence-corrected chi connectivity index (χ0v) is 11.3. The van der Waals surface area contributed by atoms with Crippen LogP contribution in [0.15, 0.2) is 6.07 Å². The second-order valence-electron chi connectivity index (χ2n) is 3.96. The van der Waals surface area contributed by atoms with Crippen LogP contribution in [0.1, 0.15) is 26.5 Å². The Morgan fingerprint density at radius 3 is 2.76 bits per heavy atom. The molecule has 2 N–H and O–H groups in total. The minimum atomic E-state index is -0.142. The minimum Gasteiger partial charge on any atom is -0.396 e. The van der Waals surface area contributed by atoms with Crippen LogP contribution < -0.4 is 5.32 Å². The van der Waals surface area contributed by atoms with Gasteiger partial charge in [0.1, 0.15) is 0 Å². The standard InChI is InChI=1S/C12H19NO3S/c1-8-6-11(9(2)17-8)12(15)13-10(4-5-14)7-16-3/h6,10,14H,4-5,7H2,1-3H3,(H,13,15). The molecule has 1 aromatic rings. The lowest BCUT2D eigenvalue weighted by Crippen LogP contribution is -2.38. The molecule has 0 aliphatic carbocycles. The van der Waals surface area contributed by atoms with Crippen molar-refractivity contribution in [3.8, 4) is 0 Å². The Morgan fingerprint density at radius 2 is 2.29 bits per heavy atom. The number of rotatable bonds is 6. The summed E-state index contributed by atoms with van der Waals surface area (Å²) in [5.74, 6) is -0.0950. The number of thiophene rings is 1. The molecule has 0 bridgehead atoms. The largest absolute Gasteiger partial charge is 0.396 e. The highest BCUT2D eigenvalue weighted by molar-refractivity contribution is 7.12. The fraction of sp³-hybridized carbons (Fsp3) is 0.583. The number of carbonyl (C=O) groups is 1. The molecule has 1 unspecified atom stereocenters. The molecule has 1 rings (SSSR count). The summed E-state index contributed by atoms with van der Waals surface area (Å²) in [6.07, 6.45) is 0.502. The fourth-order valence-corrected chi connectivity index (χ4v) is 2.59. The molecule has 0 radical (unpaired) electrons. The maximum Gasteiger partial charge on any atom is 0.252 e. The van der Waals surface area contributed by atoms with E-state index in [1.54, 1.807) is 18.4 Å². The van der Waals surface area contributed by atoms with Crippen molar-refractivity contribution >= 4 is 17.2 Å². The van der Waals surface area contributed by atoms with Gasteiger partial charge in [0.25, 0.3) is 5.91 Å². The SMILES string of the molecule is COCC(CCO)NC(=O)c1cc(C)sc1C. The Labute approximate surface area is 106 Å². The average Bonchev–Trinajstić information content (AvgIpc) is 2.58. The van der Waals surface area contributed by atoms with Crippen molar-refractivity contribution < 1.29 is 14.6 Å². The molecule has 0 spiro atoms. The minimum absolute atomic E-state index is 0.0377. The van der Waals surface area contributed by atoms with Crippen LogP contribution in [0.3, 0.4) is 0 Å². The summed E-state index contributed by atoms with van der Waals surface area (Å²) >= 11 is 1.61. The van der Waals surface area contributed by atoms with E-state index in [0.717, 1.165) is 9.75 Å². The maximum atomic E-state index is 12.0. The Bertz CT molecular complexity index is 370. The van der Waals surface area contributed by atoms with Crippen molar-refractivity contribution in [3.05, 3.63) is 21.4 Å². The van der Waals surface area contributed by atoms with Gasteiger partial charge in [0.15, 0.2) is 0 Å². The fourth-order valence-electron chi connectivity index (χ4n) is 1.67. The monoisotopic (exact) mass is 257 g/mol. The number of amides is 1. The highest BCUT2D eigenvalue weighted by Gasteiger charge is 2.16. The summed E-state index contributed by atoms with van der Waals surface area (Å²) in [6.45, 7) is 4.36. The van der Waals surface area contributed by atoms with Gasteiger partial charge in [0.2, 0.25) is 0 Å². The summed E-state index contributed by atoms with van der Waals surface area (Å²) < 4.78 is 5.01. The average molecular weight is 257 g/mol. The zero-order valence-electron chi connectivity index (χ0n) is 10.4. The van der Waals surface area contributed by atoms with Crippen molar-refractivity contribution in [2.24, 2.45) is 0 Å². The van der Waals surface area contributed by atoms with Gasteiger partial charge in [-0.05, 0) is 26.3 Å². The van der Waals surface area contributed by atoms with E-state index in [9.17, 15) is 4.79 Å². The van der Waals surface area contributed by atoms with Crippen molar-refractivity contribution in [2.75, 3.05) is 20.3 Å². The molecule has 0 fully saturated rings. The second kappa shape index (κ2) is 6.74. The number of hydrogen-bond acceptors (Lipinski definition) is 4. The number of ether oxygens (including phenoxy) is 1. The molecule has 96 valence electrons. The van der Waals surface area contributed by atoms with Gasteiger partial charge in [-0.2, -0.15) is 0 Å². The molecule has 4 nitrogen and oxygen atoms in total. The predicted molar refractivity (Wildman–Crippen MR) is 68.6 cm³/mol. The summed E-state index contributed by atoms with van der Waals surface area (Å²) in [5, 5.41) is 11.8. The molecule has 0 aliphatic rings. The molecule has 1 atom stereocenters. The van der Waals surface area contributed by atoms with E-state index in [4.69, 9.17) is 9.84 Å². The van der Waals surface area contributed by atoms with Crippen LogP contribution >= 0.6 is 11.3 Å². The van der Waals surface area contributed by atoms with Crippen LogP contribution in [-0.2, 0) is 4.74 Å². The van der Waals surface area contributed by atoms with Crippen molar-refractivity contribution in [1.29, 1.82) is 0 Å². The summed E-state index contributed by atoms with van der Waals surface area (Å²) in [4.78, 5) is 14.1. The molecule has 17 heavy (non-hydrogen) atoms. The van der Waals surface area contributed by atoms with Crippen LogP contribution in [0, 0.1) is 13.8 Å². The van der Waals surface area contributed by atoms with E-state index in [0.29, 0.717) is 18.6 Å². The summed E-state index contributed by atoms with van der Waals surface area (Å²) in [5.41, 5.74) is 0.714. The maximum absolute atomic E-state index is 12.0. The van der Waals surface area contributed by atoms with Gasteiger partial charge >= 0.3 is 0 Å². The first-order chi connectivity index (χ1) is 8.08. The molecule has 1 aromatic heterocycles. The lowest BCUT2D eigenvalue weighted by Gasteiger charge is -2.16. The molecule has 0 aromatic carbocycles. The van der Waals surface area contributed by atoms with Crippen molar-refractivity contribution in [3.63, 3.8) is 0 Å². The van der Waals surface area contributed by atoms with Gasteiger partial charge in [0.05, 0.1) is 18.2 Å². The smallest absolute Gasteiger partial charge is 0.252 e. The molecular formula is C12H19NO3S. The van der Waals surface area contributed by atoms with Crippen LogP contribution in [-0.4, -0.2) is 37.4 Å². The molecule has 0 saturated heterocycles. The van der Waals surface area contributed by atoms with E-state index in [1.165, 1.54) is 0 Å². The van der Waals surface area contributed by atoms with Gasteiger partial charge in [0, 0.05) is 23.5 Å². The van der Waals surface area contributed by atoms with E-state index < -0.39 is 0 Å². The van der Waals surface area contributed by atoms with E-state index in [-0.39, 0.29) is 18.6 Å². The molecule has 5 heteroatoms. The first kappa shape index (κ1) is 14.2. The van der Waals surface area contributed by atoms with Gasteiger partial charge < -0.3 is 15.2 Å². The quantitative estimate of drug-likeness (QED) is 0.812. The van der Waals surface area contributed by atoms with Gasteiger partial charge in [-0.25, -0.2) is 0 Å². The van der Waals surface area contributed by atoms with E-state index in [2.05, 4.69) is 5.32 Å². The Balaban J connectivity index is 2.66. The number of methoxy groups -OCH3 is 1. The Kier molecular flexibility index (Phi) is 5.61. The number of aliphatic hydroxyl groups excluding tert-OH is 1. The van der Waals surface area contributed by atoms with Crippen LogP contribution in [0.4, 0.5) is 0 Å². The third-order valence-corrected chi connectivity index (χ3v) is 3.43. The lowest BCUT2D eigenvalue weighted by molar-refractivity contribution is 0.0878. The van der Waals surface area contributed by atoms with E-state index in [1.807, 2.05) is 19.9 Å². The molecule has 1 heterocycles. The van der Waals surface area contributed by atoms with Gasteiger partial charge in [-0.15, -0.1) is 11.3 Å². The number of carbonyl (C=O) groups excluding carboxylic acids is 1. The van der Waals surface area contributed by atoms with E-state index >= 15 is 0 Å². The second-order valence-corrected chi connectivity index (χ2v) is 5.43. The molecule has 1 amide bonds. The Hall–Kier alpha value is -0.910. The topological polar surface area (TPSA) is 58.6 Å². The highest BCUT2D eigenvalue weighted by Crippen LogP contribution is 2.20. The van der Waals surface area contributed by atoms with Crippen molar-refractivity contribution in [1.82, 2.24) is 5.32 Å². The first-order valence-corrected chi connectivity index (χ1v) is 6.37. The van der Waals surface area contributed by atoms with Gasteiger partial charge in [-0.3, -0.25) is 4.79 Å². The van der Waals surface area contributed by atoms with Crippen molar-refractivity contribution in [2.45, 2.75) is 26.3 Å². The summed E-state index contributed by atoms with van der Waals surface area (Å²) in [6, 6.07) is 1.75. The zero-order chi connectivity index (χ0) is 12.8. The van der Waals surface area contributed by atoms with Crippen LogP contribution in [0.2, 0.25) is 0 Å². The van der Waals surface area contributed by atoms with Crippen LogP contribution in [0.5, 0.6) is 0 Å². The predicted octanol–water partition coefficient (Wildman–Crippen LogP) is 1.49. The normalized spacial score (nSPS) is 12.5. The third-order valence-electron chi connectivity index (χ3n) is 2.47. The lowest BCUT2D eigenvalue weighted by atomic mass is 10.2. The summed E-state index contributed by atoms with van der Waals surface area (Å²) in [7, 11) is 1.58. The highest BCUT2D eigenvalue weighted by atomic mass is 32.1. The number of nitrogens with one attached hydrogen (secondary N) is 1. The number of aryl methyl sites for hydroxylation is 2. The molecule has 0 saturated carbocycles. The molecule has 0 aliphatic heterocycles. The Morgan fingerprint density at radius 1 is 1.59 bits per heavy atom. The number of hydrogen-bond donors (Lipinski definition) is 2.